The Labute approximate surface area is 167 Å². The topological polar surface area (TPSA) is 53.0 Å². The van der Waals surface area contributed by atoms with E-state index in [-0.39, 0.29) is 5.78 Å². The third-order valence-corrected chi connectivity index (χ3v) is 6.20. The van der Waals surface area contributed by atoms with Crippen molar-refractivity contribution in [2.75, 3.05) is 44.2 Å². The molecule has 150 valence electrons. The number of nitrogens with one attached hydrogen (secondary N) is 2. The summed E-state index contributed by atoms with van der Waals surface area (Å²) in [4.78, 5) is 20.0. The van der Waals surface area contributed by atoms with Gasteiger partial charge in [-0.15, -0.1) is 0 Å². The first-order valence-electron chi connectivity index (χ1n) is 10.5. The van der Waals surface area contributed by atoms with Crippen LogP contribution in [0, 0.1) is 13.8 Å². The summed E-state index contributed by atoms with van der Waals surface area (Å²) >= 11 is 0. The summed E-state index contributed by atoms with van der Waals surface area (Å²) in [7, 11) is 0. The van der Waals surface area contributed by atoms with Crippen molar-refractivity contribution in [2.45, 2.75) is 39.3 Å². The first-order valence-corrected chi connectivity index (χ1v) is 10.5. The van der Waals surface area contributed by atoms with Gasteiger partial charge in [-0.25, -0.2) is 4.98 Å². The number of nitrogens with zero attached hydrogens (tertiary/aromatic N) is 2. The standard InChI is InChI=1S/C22H30N4O2/c1-17-14-20(18(2)26(17)15-19-6-5-13-28-19)21(27)16-24-9-11-25(12-10-24)22-7-3-4-8-23-22/h3-4,7-8,14,19H,5-6,9-13,15-16H2,1-2H3/p+2/t19-/m0/s1. The monoisotopic (exact) mass is 384 g/mol. The number of ether oxygens (including phenoxy) is 1. The van der Waals surface area contributed by atoms with Gasteiger partial charge in [-0.05, 0) is 38.8 Å². The van der Waals surface area contributed by atoms with Crippen LogP contribution in [0.25, 0.3) is 0 Å². The van der Waals surface area contributed by atoms with Crippen molar-refractivity contribution >= 4 is 11.6 Å². The second kappa shape index (κ2) is 8.45. The van der Waals surface area contributed by atoms with E-state index in [0.29, 0.717) is 12.6 Å². The summed E-state index contributed by atoms with van der Waals surface area (Å²) in [5.41, 5.74) is 3.15. The lowest BCUT2D eigenvalue weighted by atomic mass is 10.1. The highest BCUT2D eigenvalue weighted by molar-refractivity contribution is 5.98. The maximum Gasteiger partial charge on any atom is 0.274 e. The predicted molar refractivity (Wildman–Crippen MR) is 108 cm³/mol. The molecule has 2 aromatic rings. The molecule has 1 atom stereocenters. The van der Waals surface area contributed by atoms with Crippen LogP contribution in [-0.2, 0) is 11.3 Å². The number of aromatic nitrogens is 2. The van der Waals surface area contributed by atoms with Crippen molar-refractivity contribution in [2.24, 2.45) is 0 Å². The molecule has 2 saturated heterocycles. The molecule has 6 nitrogen and oxygen atoms in total. The van der Waals surface area contributed by atoms with Gasteiger partial charge >= 0.3 is 0 Å². The van der Waals surface area contributed by atoms with Gasteiger partial charge in [0.25, 0.3) is 5.82 Å². The molecule has 4 rings (SSSR count). The number of pyridine rings is 1. The highest BCUT2D eigenvalue weighted by Crippen LogP contribution is 2.20. The lowest BCUT2D eigenvalue weighted by Gasteiger charge is -2.27. The Bertz CT molecular complexity index is 803. The first kappa shape index (κ1) is 19.2. The molecular formula is C22H32N4O2+2. The molecule has 0 aliphatic carbocycles. The van der Waals surface area contributed by atoms with Gasteiger partial charge in [-0.3, -0.25) is 9.69 Å². The largest absolute Gasteiger partial charge is 0.376 e. The lowest BCUT2D eigenvalue weighted by molar-refractivity contribution is -0.892. The van der Waals surface area contributed by atoms with E-state index in [1.807, 2.05) is 12.3 Å². The molecule has 2 N–H and O–H groups in total. The number of piperazine rings is 1. The van der Waals surface area contributed by atoms with Crippen molar-refractivity contribution in [3.05, 3.63) is 47.4 Å². The molecule has 2 aromatic heterocycles. The summed E-state index contributed by atoms with van der Waals surface area (Å²) < 4.78 is 8.05. The van der Waals surface area contributed by atoms with Crippen LogP contribution in [0.1, 0.15) is 34.6 Å². The summed E-state index contributed by atoms with van der Waals surface area (Å²) in [6.07, 6.45) is 4.52. The second-order valence-corrected chi connectivity index (χ2v) is 8.12. The minimum Gasteiger partial charge on any atom is -0.376 e. The Morgan fingerprint density at radius 1 is 1.29 bits per heavy atom. The zero-order valence-corrected chi connectivity index (χ0v) is 17.0. The Morgan fingerprint density at radius 2 is 2.11 bits per heavy atom. The number of ketones is 1. The van der Waals surface area contributed by atoms with Crippen LogP contribution in [-0.4, -0.2) is 55.8 Å². The molecule has 0 aromatic carbocycles. The molecule has 2 aliphatic rings. The van der Waals surface area contributed by atoms with E-state index in [4.69, 9.17) is 4.74 Å². The Hall–Kier alpha value is -2.18. The summed E-state index contributed by atoms with van der Waals surface area (Å²) in [5, 5.41) is 0. The molecule has 2 fully saturated rings. The van der Waals surface area contributed by atoms with Crippen LogP contribution in [0.2, 0.25) is 0 Å². The first-order chi connectivity index (χ1) is 13.6. The fourth-order valence-electron chi connectivity index (χ4n) is 4.50. The van der Waals surface area contributed by atoms with E-state index in [0.717, 1.165) is 74.9 Å². The summed E-state index contributed by atoms with van der Waals surface area (Å²) in [6.45, 7) is 10.4. The van der Waals surface area contributed by atoms with Crippen LogP contribution in [0.4, 0.5) is 5.82 Å². The number of Topliss-reactive ketones (excluding diaryl/α,β-unsaturated/α-hetero) is 1. The zero-order chi connectivity index (χ0) is 19.5. The second-order valence-electron chi connectivity index (χ2n) is 8.12. The zero-order valence-electron chi connectivity index (χ0n) is 17.0. The Balaban J connectivity index is 1.35. The van der Waals surface area contributed by atoms with Crippen molar-refractivity contribution in [3.63, 3.8) is 0 Å². The molecule has 0 amide bonds. The van der Waals surface area contributed by atoms with E-state index < -0.39 is 0 Å². The maximum absolute atomic E-state index is 13.0. The number of aryl methyl sites for hydroxylation is 1. The number of carbonyl (C=O) groups is 1. The number of hydrogen-bond donors (Lipinski definition) is 1. The van der Waals surface area contributed by atoms with E-state index in [9.17, 15) is 4.79 Å². The molecule has 0 bridgehead atoms. The van der Waals surface area contributed by atoms with E-state index in [2.05, 4.69) is 46.5 Å². The Kier molecular flexibility index (Phi) is 5.78. The molecule has 0 radical (unpaired) electrons. The van der Waals surface area contributed by atoms with Crippen LogP contribution in [0.15, 0.2) is 30.5 Å². The smallest absolute Gasteiger partial charge is 0.274 e. The van der Waals surface area contributed by atoms with Gasteiger partial charge < -0.3 is 14.2 Å². The van der Waals surface area contributed by atoms with Crippen LogP contribution in [0.5, 0.6) is 0 Å². The average Bonchev–Trinajstić information content (AvgIpc) is 3.33. The summed E-state index contributed by atoms with van der Waals surface area (Å²) in [5.74, 6) is 1.42. The van der Waals surface area contributed by atoms with Crippen molar-refractivity contribution in [3.8, 4) is 0 Å². The van der Waals surface area contributed by atoms with E-state index in [1.165, 1.54) is 4.90 Å². The third kappa shape index (κ3) is 4.13. The lowest BCUT2D eigenvalue weighted by Crippen LogP contribution is -3.15. The van der Waals surface area contributed by atoms with Crippen LogP contribution in [0.3, 0.4) is 0 Å². The highest BCUT2D eigenvalue weighted by Gasteiger charge is 2.29. The fourth-order valence-corrected chi connectivity index (χ4v) is 4.50. The van der Waals surface area contributed by atoms with E-state index in [1.54, 1.807) is 0 Å². The minimum absolute atomic E-state index is 0.265. The van der Waals surface area contributed by atoms with Crippen LogP contribution < -0.4 is 14.8 Å². The number of H-pyrrole nitrogens is 1. The summed E-state index contributed by atoms with van der Waals surface area (Å²) in [6, 6.07) is 8.24. The molecule has 0 saturated carbocycles. The highest BCUT2D eigenvalue weighted by atomic mass is 16.5. The van der Waals surface area contributed by atoms with Gasteiger partial charge in [-0.2, -0.15) is 0 Å². The Morgan fingerprint density at radius 3 is 2.79 bits per heavy atom. The van der Waals surface area contributed by atoms with E-state index >= 15 is 0 Å². The molecule has 2 aliphatic heterocycles. The number of anilines is 1. The number of hydrogen-bond acceptors (Lipinski definition) is 3. The molecule has 0 spiro atoms. The average molecular weight is 385 g/mol. The van der Waals surface area contributed by atoms with Crippen molar-refractivity contribution < 1.29 is 19.4 Å². The molecule has 6 heteroatoms. The van der Waals surface area contributed by atoms with Crippen molar-refractivity contribution in [1.82, 2.24) is 4.57 Å². The van der Waals surface area contributed by atoms with Crippen molar-refractivity contribution in [1.29, 1.82) is 0 Å². The molecule has 28 heavy (non-hydrogen) atoms. The van der Waals surface area contributed by atoms with Gasteiger partial charge in [0, 0.05) is 36.2 Å². The minimum atomic E-state index is 0.265. The van der Waals surface area contributed by atoms with Crippen LogP contribution >= 0.6 is 0 Å². The number of quaternary nitrogens is 1. The number of aromatic amines is 1. The molecule has 0 unspecified atom stereocenters. The maximum atomic E-state index is 13.0. The van der Waals surface area contributed by atoms with Gasteiger partial charge in [0.15, 0.2) is 0 Å². The predicted octanol–water partition coefficient (Wildman–Crippen LogP) is 0.686. The third-order valence-electron chi connectivity index (χ3n) is 6.20. The normalized spacial score (nSPS) is 20.6. The quantitative estimate of drug-likeness (QED) is 0.746. The van der Waals surface area contributed by atoms with Gasteiger partial charge in [0.1, 0.15) is 32.7 Å². The van der Waals surface area contributed by atoms with Gasteiger partial charge in [-0.1, -0.05) is 6.07 Å². The SMILES string of the molecule is Cc1cc(C(=O)C[NH+]2CCN(c3cccc[nH+]3)CC2)c(C)n1C[C@@H]1CCCO1. The van der Waals surface area contributed by atoms with Gasteiger partial charge in [0.05, 0.1) is 12.3 Å². The number of rotatable bonds is 6. The van der Waals surface area contributed by atoms with Gasteiger partial charge in [0.2, 0.25) is 5.78 Å². The number of carbonyl (C=O) groups excluding carboxylic acids is 1. The molecular weight excluding hydrogens is 352 g/mol. The fraction of sp³-hybridized carbons (Fsp3) is 0.545. The molecule has 4 heterocycles.